The normalized spacial score (nSPS) is 15.5. The van der Waals surface area contributed by atoms with E-state index in [-0.39, 0.29) is 23.9 Å². The first-order valence-electron chi connectivity index (χ1n) is 7.78. The zero-order valence-electron chi connectivity index (χ0n) is 14.3. The van der Waals surface area contributed by atoms with Crippen molar-refractivity contribution < 1.29 is 28.8 Å². The number of phenols is 1. The molecule has 0 saturated heterocycles. The molecule has 1 amide bonds. The molecular formula is C18H18N2O6. The van der Waals surface area contributed by atoms with Crippen LogP contribution in [0.1, 0.15) is 5.56 Å². The highest BCUT2D eigenvalue weighted by Crippen LogP contribution is 2.36. The summed E-state index contributed by atoms with van der Waals surface area (Å²) in [5.74, 6) is 1.03. The van der Waals surface area contributed by atoms with Gasteiger partial charge in [-0.25, -0.2) is 5.43 Å². The predicted octanol–water partition coefficient (Wildman–Crippen LogP) is 1.70. The summed E-state index contributed by atoms with van der Waals surface area (Å²) in [5, 5.41) is 13.8. The molecule has 0 unspecified atom stereocenters. The lowest BCUT2D eigenvalue weighted by Crippen LogP contribution is -2.42. The second-order valence-electron chi connectivity index (χ2n) is 5.37. The van der Waals surface area contributed by atoms with E-state index in [4.69, 9.17) is 18.9 Å². The number of rotatable bonds is 5. The summed E-state index contributed by atoms with van der Waals surface area (Å²) in [6, 6.07) is 10.2. The summed E-state index contributed by atoms with van der Waals surface area (Å²) >= 11 is 0. The van der Waals surface area contributed by atoms with Crippen molar-refractivity contribution in [1.82, 2.24) is 5.43 Å². The molecule has 0 aromatic heterocycles. The van der Waals surface area contributed by atoms with E-state index in [9.17, 15) is 9.90 Å². The monoisotopic (exact) mass is 358 g/mol. The Bertz CT molecular complexity index is 811. The van der Waals surface area contributed by atoms with E-state index in [1.54, 1.807) is 30.3 Å². The van der Waals surface area contributed by atoms with E-state index in [0.29, 0.717) is 17.1 Å². The smallest absolute Gasteiger partial charge is 0.284 e. The number of hydrazone groups is 1. The van der Waals surface area contributed by atoms with Crippen molar-refractivity contribution in [2.24, 2.45) is 5.10 Å². The van der Waals surface area contributed by atoms with Crippen LogP contribution < -0.4 is 24.4 Å². The standard InChI is InChI=1S/C18H18N2O6/c1-23-14-7-11(8-15(24-2)17(14)21)9-19-20-18(22)16-10-25-12-5-3-4-6-13(12)26-16/h3-9,16,21H,10H2,1-2H3,(H,20,22)/b19-9+/t16-/m0/s1. The van der Waals surface area contributed by atoms with Crippen molar-refractivity contribution >= 4 is 12.1 Å². The molecule has 0 spiro atoms. The molecule has 8 heteroatoms. The SMILES string of the molecule is COc1cc(/C=N/NC(=O)[C@@H]2COc3ccccc3O2)cc(OC)c1O. The van der Waals surface area contributed by atoms with Crippen LogP contribution in [-0.4, -0.2) is 44.2 Å². The largest absolute Gasteiger partial charge is 0.502 e. The van der Waals surface area contributed by atoms with Crippen LogP contribution in [0.15, 0.2) is 41.5 Å². The number of benzene rings is 2. The number of nitrogens with one attached hydrogen (secondary N) is 1. The fraction of sp³-hybridized carbons (Fsp3) is 0.222. The number of aromatic hydroxyl groups is 1. The van der Waals surface area contributed by atoms with Gasteiger partial charge in [0.2, 0.25) is 11.9 Å². The van der Waals surface area contributed by atoms with E-state index in [0.717, 1.165) is 0 Å². The Balaban J connectivity index is 1.65. The van der Waals surface area contributed by atoms with Crippen LogP contribution in [0.25, 0.3) is 0 Å². The van der Waals surface area contributed by atoms with Crippen molar-refractivity contribution in [3.8, 4) is 28.7 Å². The Hall–Kier alpha value is -3.42. The third-order valence-corrected chi connectivity index (χ3v) is 3.69. The van der Waals surface area contributed by atoms with Crippen LogP contribution in [0.5, 0.6) is 28.7 Å². The number of hydrogen-bond donors (Lipinski definition) is 2. The number of nitrogens with zero attached hydrogens (tertiary/aromatic N) is 1. The highest BCUT2D eigenvalue weighted by atomic mass is 16.6. The Morgan fingerprint density at radius 1 is 1.23 bits per heavy atom. The molecule has 0 bridgehead atoms. The summed E-state index contributed by atoms with van der Waals surface area (Å²) in [6.45, 7) is 0.0965. The molecule has 8 nitrogen and oxygen atoms in total. The number of ether oxygens (including phenoxy) is 4. The van der Waals surface area contributed by atoms with E-state index in [1.807, 2.05) is 6.07 Å². The molecule has 0 radical (unpaired) electrons. The van der Waals surface area contributed by atoms with Gasteiger partial charge in [0, 0.05) is 5.56 Å². The summed E-state index contributed by atoms with van der Waals surface area (Å²) in [7, 11) is 2.85. The molecule has 1 aliphatic heterocycles. The number of carbonyl (C=O) groups excluding carboxylic acids is 1. The average Bonchev–Trinajstić information content (AvgIpc) is 2.68. The lowest BCUT2D eigenvalue weighted by Gasteiger charge is -2.24. The average molecular weight is 358 g/mol. The fourth-order valence-corrected chi connectivity index (χ4v) is 2.38. The van der Waals surface area contributed by atoms with E-state index < -0.39 is 12.0 Å². The van der Waals surface area contributed by atoms with Crippen LogP contribution >= 0.6 is 0 Å². The van der Waals surface area contributed by atoms with Gasteiger partial charge >= 0.3 is 0 Å². The highest BCUT2D eigenvalue weighted by molar-refractivity contribution is 5.86. The third-order valence-electron chi connectivity index (χ3n) is 3.69. The molecule has 1 heterocycles. The van der Waals surface area contributed by atoms with E-state index >= 15 is 0 Å². The number of fused-ring (bicyclic) bond motifs is 1. The molecule has 2 N–H and O–H groups in total. The molecule has 0 fully saturated rings. The second kappa shape index (κ2) is 7.64. The maximum absolute atomic E-state index is 12.2. The third kappa shape index (κ3) is 3.64. The quantitative estimate of drug-likeness (QED) is 0.624. The summed E-state index contributed by atoms with van der Waals surface area (Å²) in [5.41, 5.74) is 2.97. The Labute approximate surface area is 149 Å². The van der Waals surface area contributed by atoms with Crippen LogP contribution in [-0.2, 0) is 4.79 Å². The molecule has 26 heavy (non-hydrogen) atoms. The Morgan fingerprint density at radius 3 is 2.54 bits per heavy atom. The van der Waals surface area contributed by atoms with Gasteiger partial charge in [-0.15, -0.1) is 0 Å². The highest BCUT2D eigenvalue weighted by Gasteiger charge is 2.27. The molecule has 0 aliphatic carbocycles. The number of phenolic OH excluding ortho intramolecular Hbond substituents is 1. The number of para-hydroxylation sites is 2. The van der Waals surface area contributed by atoms with Crippen molar-refractivity contribution in [2.75, 3.05) is 20.8 Å². The van der Waals surface area contributed by atoms with Gasteiger partial charge in [0.15, 0.2) is 23.0 Å². The van der Waals surface area contributed by atoms with Gasteiger partial charge in [-0.3, -0.25) is 4.79 Å². The molecule has 3 rings (SSSR count). The van der Waals surface area contributed by atoms with Crippen molar-refractivity contribution in [1.29, 1.82) is 0 Å². The summed E-state index contributed by atoms with van der Waals surface area (Å²) in [6.07, 6.45) is 0.603. The van der Waals surface area contributed by atoms with Crippen LogP contribution in [0.4, 0.5) is 0 Å². The van der Waals surface area contributed by atoms with Gasteiger partial charge in [0.1, 0.15) is 6.61 Å². The maximum atomic E-state index is 12.2. The topological polar surface area (TPSA) is 98.6 Å². The molecule has 2 aromatic carbocycles. The molecule has 1 aliphatic rings. The second-order valence-corrected chi connectivity index (χ2v) is 5.37. The first-order chi connectivity index (χ1) is 12.6. The number of amides is 1. The molecule has 1 atom stereocenters. The summed E-state index contributed by atoms with van der Waals surface area (Å²) < 4.78 is 21.2. The number of carbonyl (C=O) groups is 1. The molecule has 2 aromatic rings. The maximum Gasteiger partial charge on any atom is 0.284 e. The van der Waals surface area contributed by atoms with Crippen molar-refractivity contribution in [2.45, 2.75) is 6.10 Å². The van der Waals surface area contributed by atoms with Gasteiger partial charge in [-0.05, 0) is 24.3 Å². The fourth-order valence-electron chi connectivity index (χ4n) is 2.38. The van der Waals surface area contributed by atoms with Crippen molar-refractivity contribution in [3.05, 3.63) is 42.0 Å². The van der Waals surface area contributed by atoms with Crippen molar-refractivity contribution in [3.63, 3.8) is 0 Å². The number of hydrogen-bond acceptors (Lipinski definition) is 7. The van der Waals surface area contributed by atoms with Gasteiger partial charge in [0.25, 0.3) is 5.91 Å². The van der Waals surface area contributed by atoms with Gasteiger partial charge in [-0.1, -0.05) is 12.1 Å². The van der Waals surface area contributed by atoms with Gasteiger partial charge in [-0.2, -0.15) is 5.10 Å². The lowest BCUT2D eigenvalue weighted by molar-refractivity contribution is -0.130. The zero-order valence-corrected chi connectivity index (χ0v) is 14.3. The predicted molar refractivity (Wildman–Crippen MR) is 93.3 cm³/mol. The van der Waals surface area contributed by atoms with E-state index in [2.05, 4.69) is 10.5 Å². The summed E-state index contributed by atoms with van der Waals surface area (Å²) in [4.78, 5) is 12.2. The molecule has 136 valence electrons. The number of methoxy groups -OCH3 is 2. The first kappa shape index (κ1) is 17.4. The lowest BCUT2D eigenvalue weighted by atomic mass is 10.2. The Morgan fingerprint density at radius 2 is 1.88 bits per heavy atom. The van der Waals surface area contributed by atoms with E-state index in [1.165, 1.54) is 20.4 Å². The van der Waals surface area contributed by atoms with Gasteiger partial charge in [0.05, 0.1) is 20.4 Å². The van der Waals surface area contributed by atoms with Crippen LogP contribution in [0.3, 0.4) is 0 Å². The van der Waals surface area contributed by atoms with Crippen LogP contribution in [0.2, 0.25) is 0 Å². The van der Waals surface area contributed by atoms with Crippen LogP contribution in [0, 0.1) is 0 Å². The zero-order chi connectivity index (χ0) is 18.5. The first-order valence-corrected chi connectivity index (χ1v) is 7.78. The minimum absolute atomic E-state index is 0.0965. The molecule has 0 saturated carbocycles. The minimum Gasteiger partial charge on any atom is -0.502 e. The van der Waals surface area contributed by atoms with Gasteiger partial charge < -0.3 is 24.1 Å². The Kier molecular flexibility index (Phi) is 5.12. The minimum atomic E-state index is -0.800. The molecular weight excluding hydrogens is 340 g/mol.